The van der Waals surface area contributed by atoms with Gasteiger partial charge in [0, 0.05) is 18.8 Å². The summed E-state index contributed by atoms with van der Waals surface area (Å²) in [5, 5.41) is 7.66. The van der Waals surface area contributed by atoms with Gasteiger partial charge in [-0.25, -0.2) is 4.39 Å². The molecule has 0 aliphatic heterocycles. The first kappa shape index (κ1) is 14.5. The SMILES string of the molecule is Cc1ccc(CN[C@H](c2ccc(F)cc2)c2cnn(C)c2)o1. The van der Waals surface area contributed by atoms with Gasteiger partial charge >= 0.3 is 0 Å². The van der Waals surface area contributed by atoms with Gasteiger partial charge in [0.15, 0.2) is 0 Å². The summed E-state index contributed by atoms with van der Waals surface area (Å²) in [5.41, 5.74) is 2.01. The van der Waals surface area contributed by atoms with Crippen molar-refractivity contribution < 1.29 is 8.81 Å². The summed E-state index contributed by atoms with van der Waals surface area (Å²) in [5.74, 6) is 1.51. The molecule has 0 spiro atoms. The summed E-state index contributed by atoms with van der Waals surface area (Å²) in [6.07, 6.45) is 3.77. The summed E-state index contributed by atoms with van der Waals surface area (Å²) in [4.78, 5) is 0. The highest BCUT2D eigenvalue weighted by atomic mass is 19.1. The molecule has 3 aromatic rings. The van der Waals surface area contributed by atoms with Crippen molar-refractivity contribution in [2.24, 2.45) is 7.05 Å². The Balaban J connectivity index is 1.84. The zero-order valence-corrected chi connectivity index (χ0v) is 12.6. The van der Waals surface area contributed by atoms with E-state index in [0.717, 1.165) is 22.6 Å². The van der Waals surface area contributed by atoms with E-state index in [9.17, 15) is 4.39 Å². The summed E-state index contributed by atoms with van der Waals surface area (Å²) < 4.78 is 20.5. The van der Waals surface area contributed by atoms with E-state index >= 15 is 0 Å². The van der Waals surface area contributed by atoms with Crippen molar-refractivity contribution in [1.82, 2.24) is 15.1 Å². The number of hydrogen-bond acceptors (Lipinski definition) is 3. The Bertz CT molecular complexity index is 745. The van der Waals surface area contributed by atoms with Crippen LogP contribution in [0.2, 0.25) is 0 Å². The molecule has 1 aromatic carbocycles. The predicted molar refractivity (Wildman–Crippen MR) is 81.7 cm³/mol. The van der Waals surface area contributed by atoms with Crippen LogP contribution in [0.15, 0.2) is 53.2 Å². The van der Waals surface area contributed by atoms with Crippen LogP contribution in [0.3, 0.4) is 0 Å². The Labute approximate surface area is 128 Å². The van der Waals surface area contributed by atoms with Crippen molar-refractivity contribution in [2.45, 2.75) is 19.5 Å². The van der Waals surface area contributed by atoms with E-state index in [1.54, 1.807) is 16.8 Å². The van der Waals surface area contributed by atoms with E-state index in [-0.39, 0.29) is 11.9 Å². The lowest BCUT2D eigenvalue weighted by molar-refractivity contribution is 0.450. The molecular weight excluding hydrogens is 281 g/mol. The predicted octanol–water partition coefficient (Wildman–Crippen LogP) is 3.34. The lowest BCUT2D eigenvalue weighted by Gasteiger charge is -2.17. The first-order valence-electron chi connectivity index (χ1n) is 7.14. The van der Waals surface area contributed by atoms with Crippen molar-refractivity contribution >= 4 is 0 Å². The van der Waals surface area contributed by atoms with Crippen LogP contribution in [0, 0.1) is 12.7 Å². The largest absolute Gasteiger partial charge is 0.465 e. The smallest absolute Gasteiger partial charge is 0.123 e. The van der Waals surface area contributed by atoms with Gasteiger partial charge < -0.3 is 4.42 Å². The first-order chi connectivity index (χ1) is 10.6. The van der Waals surface area contributed by atoms with Crippen LogP contribution in [-0.2, 0) is 13.6 Å². The molecule has 0 radical (unpaired) electrons. The molecule has 1 atom stereocenters. The molecule has 3 rings (SSSR count). The highest BCUT2D eigenvalue weighted by molar-refractivity contribution is 5.29. The average molecular weight is 299 g/mol. The quantitative estimate of drug-likeness (QED) is 0.785. The second-order valence-corrected chi connectivity index (χ2v) is 5.33. The summed E-state index contributed by atoms with van der Waals surface area (Å²) in [6, 6.07) is 10.3. The number of aryl methyl sites for hydroxylation is 2. The third-order valence-corrected chi connectivity index (χ3v) is 3.54. The van der Waals surface area contributed by atoms with Gasteiger partial charge in [0.05, 0.1) is 18.8 Å². The van der Waals surface area contributed by atoms with Crippen molar-refractivity contribution in [3.63, 3.8) is 0 Å². The van der Waals surface area contributed by atoms with Crippen LogP contribution in [0.4, 0.5) is 4.39 Å². The van der Waals surface area contributed by atoms with Crippen molar-refractivity contribution in [3.8, 4) is 0 Å². The molecule has 0 fully saturated rings. The Hall–Kier alpha value is -2.40. The maximum absolute atomic E-state index is 13.2. The highest BCUT2D eigenvalue weighted by Crippen LogP contribution is 2.22. The summed E-state index contributed by atoms with van der Waals surface area (Å²) in [7, 11) is 1.88. The molecule has 2 aromatic heterocycles. The lowest BCUT2D eigenvalue weighted by atomic mass is 10.0. The number of furan rings is 1. The van der Waals surface area contributed by atoms with Gasteiger partial charge in [-0.2, -0.15) is 5.10 Å². The van der Waals surface area contributed by atoms with E-state index in [1.165, 1.54) is 12.1 Å². The number of nitrogens with one attached hydrogen (secondary N) is 1. The van der Waals surface area contributed by atoms with Crippen LogP contribution in [0.5, 0.6) is 0 Å². The Morgan fingerprint density at radius 2 is 1.95 bits per heavy atom. The molecule has 5 heteroatoms. The normalized spacial score (nSPS) is 12.5. The number of aromatic nitrogens is 2. The second kappa shape index (κ2) is 6.15. The van der Waals surface area contributed by atoms with Crippen molar-refractivity contribution in [1.29, 1.82) is 0 Å². The van der Waals surface area contributed by atoms with Crippen LogP contribution in [0.1, 0.15) is 28.7 Å². The van der Waals surface area contributed by atoms with E-state index in [1.807, 2.05) is 38.5 Å². The van der Waals surface area contributed by atoms with Crippen LogP contribution < -0.4 is 5.32 Å². The maximum Gasteiger partial charge on any atom is 0.123 e. The average Bonchev–Trinajstić information content (AvgIpc) is 3.10. The Morgan fingerprint density at radius 1 is 1.18 bits per heavy atom. The third-order valence-electron chi connectivity index (χ3n) is 3.54. The molecule has 0 saturated heterocycles. The van der Waals surface area contributed by atoms with Crippen LogP contribution in [-0.4, -0.2) is 9.78 Å². The molecule has 4 nitrogen and oxygen atoms in total. The van der Waals surface area contributed by atoms with E-state index in [4.69, 9.17) is 4.42 Å². The Morgan fingerprint density at radius 3 is 2.55 bits per heavy atom. The molecule has 0 bridgehead atoms. The highest BCUT2D eigenvalue weighted by Gasteiger charge is 2.16. The minimum atomic E-state index is -0.240. The minimum absolute atomic E-state index is 0.0697. The number of halogens is 1. The van der Waals surface area contributed by atoms with Gasteiger partial charge in [0.25, 0.3) is 0 Å². The zero-order valence-electron chi connectivity index (χ0n) is 12.6. The second-order valence-electron chi connectivity index (χ2n) is 5.33. The van der Waals surface area contributed by atoms with Crippen molar-refractivity contribution in [3.05, 3.63) is 77.3 Å². The third kappa shape index (κ3) is 3.26. The Kier molecular flexibility index (Phi) is 4.06. The van der Waals surface area contributed by atoms with E-state index < -0.39 is 0 Å². The fraction of sp³-hybridized carbons (Fsp3) is 0.235. The van der Waals surface area contributed by atoms with Crippen LogP contribution >= 0.6 is 0 Å². The molecule has 0 aliphatic rings. The maximum atomic E-state index is 13.2. The fourth-order valence-corrected chi connectivity index (χ4v) is 2.46. The van der Waals surface area contributed by atoms with Crippen molar-refractivity contribution in [2.75, 3.05) is 0 Å². The topological polar surface area (TPSA) is 43.0 Å². The molecule has 0 aliphatic carbocycles. The molecule has 0 amide bonds. The van der Waals surface area contributed by atoms with Gasteiger partial charge in [-0.1, -0.05) is 12.1 Å². The number of nitrogens with zero attached hydrogens (tertiary/aromatic N) is 2. The monoisotopic (exact) mass is 299 g/mol. The zero-order chi connectivity index (χ0) is 15.5. The van der Waals surface area contributed by atoms with Gasteiger partial charge in [-0.05, 0) is 36.8 Å². The molecule has 0 saturated carbocycles. The summed E-state index contributed by atoms with van der Waals surface area (Å²) >= 11 is 0. The van der Waals surface area contributed by atoms with Gasteiger partial charge in [0.1, 0.15) is 17.3 Å². The number of hydrogen-bond donors (Lipinski definition) is 1. The molecular formula is C17H18FN3O. The van der Waals surface area contributed by atoms with Gasteiger partial charge in [-0.3, -0.25) is 10.00 Å². The molecule has 0 unspecified atom stereocenters. The fourth-order valence-electron chi connectivity index (χ4n) is 2.46. The molecule has 114 valence electrons. The first-order valence-corrected chi connectivity index (χ1v) is 7.14. The van der Waals surface area contributed by atoms with Gasteiger partial charge in [0.2, 0.25) is 0 Å². The van der Waals surface area contributed by atoms with E-state index in [2.05, 4.69) is 10.4 Å². The van der Waals surface area contributed by atoms with Crippen LogP contribution in [0.25, 0.3) is 0 Å². The summed E-state index contributed by atoms with van der Waals surface area (Å²) in [6.45, 7) is 2.51. The van der Waals surface area contributed by atoms with Gasteiger partial charge in [-0.15, -0.1) is 0 Å². The van der Waals surface area contributed by atoms with E-state index in [0.29, 0.717) is 6.54 Å². The minimum Gasteiger partial charge on any atom is -0.465 e. The standard InChI is InChI=1S/C17H18FN3O/c1-12-3-8-16(22-12)10-19-17(14-9-20-21(2)11-14)13-4-6-15(18)7-5-13/h3-9,11,17,19H,10H2,1-2H3/t17-/m1/s1. The number of benzene rings is 1. The lowest BCUT2D eigenvalue weighted by Crippen LogP contribution is -2.21. The molecule has 22 heavy (non-hydrogen) atoms. The molecule has 1 N–H and O–H groups in total. The number of rotatable bonds is 5. The molecule has 2 heterocycles.